The van der Waals surface area contributed by atoms with Crippen LogP contribution >= 0.6 is 0 Å². The lowest BCUT2D eigenvalue weighted by molar-refractivity contribution is -0.146. The summed E-state index contributed by atoms with van der Waals surface area (Å²) in [6, 6.07) is 0. The van der Waals surface area contributed by atoms with Gasteiger partial charge in [-0.25, -0.2) is 0 Å². The molecule has 0 amide bonds. The topological polar surface area (TPSA) is 26.3 Å². The molecule has 1 atom stereocenters. The summed E-state index contributed by atoms with van der Waals surface area (Å²) >= 11 is 0. The second-order valence-corrected chi connectivity index (χ2v) is 5.59. The van der Waals surface area contributed by atoms with E-state index < -0.39 is 0 Å². The predicted molar refractivity (Wildman–Crippen MR) is 90.0 cm³/mol. The first-order valence-electron chi connectivity index (χ1n) is 8.50. The molecule has 0 aromatic rings. The minimum absolute atomic E-state index is 0.0741. The number of hydrogen-bond donors (Lipinski definition) is 0. The molecule has 0 spiro atoms. The van der Waals surface area contributed by atoms with E-state index in [1.807, 2.05) is 13.0 Å². The molecule has 0 aliphatic rings. The molecule has 0 heterocycles. The second kappa shape index (κ2) is 15.2. The van der Waals surface area contributed by atoms with Crippen LogP contribution in [0, 0.1) is 12.3 Å². The van der Waals surface area contributed by atoms with Gasteiger partial charge >= 0.3 is 5.97 Å². The Bertz CT molecular complexity index is 312. The van der Waals surface area contributed by atoms with Crippen LogP contribution in [0.5, 0.6) is 0 Å². The van der Waals surface area contributed by atoms with Crippen molar-refractivity contribution in [3.8, 4) is 12.3 Å². The van der Waals surface area contributed by atoms with Crippen LogP contribution in [0.15, 0.2) is 12.2 Å². The molecule has 0 aromatic carbocycles. The molecule has 0 radical (unpaired) electrons. The van der Waals surface area contributed by atoms with Crippen LogP contribution in [-0.2, 0) is 9.53 Å². The second-order valence-electron chi connectivity index (χ2n) is 5.59. The minimum atomic E-state index is -0.0990. The average molecular weight is 292 g/mol. The van der Waals surface area contributed by atoms with E-state index >= 15 is 0 Å². The molecule has 2 nitrogen and oxygen atoms in total. The number of terminal acetylenes is 1. The van der Waals surface area contributed by atoms with E-state index in [4.69, 9.17) is 11.2 Å². The van der Waals surface area contributed by atoms with Crippen molar-refractivity contribution in [1.29, 1.82) is 0 Å². The van der Waals surface area contributed by atoms with Gasteiger partial charge in [-0.3, -0.25) is 4.79 Å². The molecule has 0 saturated heterocycles. The van der Waals surface area contributed by atoms with Gasteiger partial charge in [0.15, 0.2) is 0 Å². The fourth-order valence-electron chi connectivity index (χ4n) is 2.12. The normalized spacial score (nSPS) is 12.2. The molecule has 21 heavy (non-hydrogen) atoms. The number of ether oxygens (including phenoxy) is 1. The third-order valence-electron chi connectivity index (χ3n) is 3.40. The van der Waals surface area contributed by atoms with Crippen molar-refractivity contribution in [2.45, 2.75) is 90.6 Å². The van der Waals surface area contributed by atoms with Gasteiger partial charge in [0.25, 0.3) is 0 Å². The third-order valence-corrected chi connectivity index (χ3v) is 3.40. The van der Waals surface area contributed by atoms with Crippen LogP contribution < -0.4 is 0 Å². The number of hydrogen-bond acceptors (Lipinski definition) is 2. The first kappa shape index (κ1) is 19.8. The van der Waals surface area contributed by atoms with Crippen molar-refractivity contribution in [2.75, 3.05) is 0 Å². The zero-order chi connectivity index (χ0) is 15.8. The van der Waals surface area contributed by atoms with Crippen LogP contribution in [0.25, 0.3) is 0 Å². The summed E-state index contributed by atoms with van der Waals surface area (Å²) in [6.07, 6.45) is 20.8. The van der Waals surface area contributed by atoms with Crippen molar-refractivity contribution in [3.63, 3.8) is 0 Å². The summed E-state index contributed by atoms with van der Waals surface area (Å²) in [7, 11) is 0. The molecule has 0 bridgehead atoms. The van der Waals surface area contributed by atoms with Crippen LogP contribution in [-0.4, -0.2) is 12.1 Å². The number of carbonyl (C=O) groups excluding carboxylic acids is 1. The molecule has 0 N–H and O–H groups in total. The van der Waals surface area contributed by atoms with Crippen LogP contribution in [0.3, 0.4) is 0 Å². The van der Waals surface area contributed by atoms with Gasteiger partial charge in [-0.1, -0.05) is 51.5 Å². The highest BCUT2D eigenvalue weighted by atomic mass is 16.5. The summed E-state index contributed by atoms with van der Waals surface area (Å²) in [6.45, 7) is 4.10. The summed E-state index contributed by atoms with van der Waals surface area (Å²) in [5.41, 5.74) is 0. The molecule has 0 rings (SSSR count). The van der Waals surface area contributed by atoms with Crippen molar-refractivity contribution < 1.29 is 9.53 Å². The van der Waals surface area contributed by atoms with E-state index in [0.29, 0.717) is 6.42 Å². The van der Waals surface area contributed by atoms with Crippen molar-refractivity contribution >= 4 is 5.97 Å². The minimum Gasteiger partial charge on any atom is -0.458 e. The fourth-order valence-corrected chi connectivity index (χ4v) is 2.12. The number of unbranched alkanes of at least 4 members (excludes halogenated alkanes) is 8. The maximum Gasteiger partial charge on any atom is 0.306 e. The Labute approximate surface area is 131 Å². The molecule has 2 heteroatoms. The molecule has 0 aromatic heterocycles. The maximum absolute atomic E-state index is 11.6. The Morgan fingerprint density at radius 3 is 2.48 bits per heavy atom. The SMILES string of the molecule is C#CCCCCCCCCC(=O)OC(C)/C=C/CCCC. The molecular weight excluding hydrogens is 260 g/mol. The largest absolute Gasteiger partial charge is 0.458 e. The lowest BCUT2D eigenvalue weighted by Gasteiger charge is -2.09. The highest BCUT2D eigenvalue weighted by Gasteiger charge is 2.06. The zero-order valence-electron chi connectivity index (χ0n) is 13.9. The number of carbonyl (C=O) groups is 1. The Morgan fingerprint density at radius 1 is 1.14 bits per heavy atom. The standard InChI is InChI=1S/C19H32O2/c1-4-6-8-10-11-12-13-15-17-19(20)21-18(3)16-14-9-7-5-2/h1,14,16,18H,5-13,15,17H2,2-3H3/b16-14+. The fraction of sp³-hybridized carbons (Fsp3) is 0.737. The van der Waals surface area contributed by atoms with E-state index in [-0.39, 0.29) is 12.1 Å². The van der Waals surface area contributed by atoms with Gasteiger partial charge in [-0.2, -0.15) is 0 Å². The molecule has 120 valence electrons. The van der Waals surface area contributed by atoms with E-state index in [1.54, 1.807) is 0 Å². The molecule has 0 saturated carbocycles. The van der Waals surface area contributed by atoms with Gasteiger partial charge in [0.2, 0.25) is 0 Å². The molecular formula is C19H32O2. The smallest absolute Gasteiger partial charge is 0.306 e. The third kappa shape index (κ3) is 15.0. The van der Waals surface area contributed by atoms with Gasteiger partial charge in [-0.05, 0) is 32.3 Å². The summed E-state index contributed by atoms with van der Waals surface area (Å²) in [5, 5.41) is 0. The lowest BCUT2D eigenvalue weighted by Crippen LogP contribution is -2.12. The Kier molecular flexibility index (Phi) is 14.3. The van der Waals surface area contributed by atoms with E-state index in [2.05, 4.69) is 18.9 Å². The highest BCUT2D eigenvalue weighted by molar-refractivity contribution is 5.69. The number of allylic oxidation sites excluding steroid dienone is 1. The first-order valence-corrected chi connectivity index (χ1v) is 8.50. The van der Waals surface area contributed by atoms with Crippen LogP contribution in [0.2, 0.25) is 0 Å². The Morgan fingerprint density at radius 2 is 1.81 bits per heavy atom. The molecule has 0 fully saturated rings. The highest BCUT2D eigenvalue weighted by Crippen LogP contribution is 2.09. The predicted octanol–water partition coefficient (Wildman–Crippen LogP) is 5.42. The van der Waals surface area contributed by atoms with E-state index in [0.717, 1.165) is 32.1 Å². The van der Waals surface area contributed by atoms with Gasteiger partial charge in [-0.15, -0.1) is 12.3 Å². The Balaban J connectivity index is 3.45. The first-order chi connectivity index (χ1) is 10.2. The molecule has 0 aliphatic carbocycles. The monoisotopic (exact) mass is 292 g/mol. The summed E-state index contributed by atoms with van der Waals surface area (Å²) < 4.78 is 5.34. The van der Waals surface area contributed by atoms with Gasteiger partial charge in [0.05, 0.1) is 0 Å². The molecule has 1 unspecified atom stereocenters. The average Bonchev–Trinajstić information content (AvgIpc) is 2.46. The van der Waals surface area contributed by atoms with Gasteiger partial charge in [0.1, 0.15) is 6.10 Å². The summed E-state index contributed by atoms with van der Waals surface area (Å²) in [5.74, 6) is 2.58. The Hall–Kier alpha value is -1.23. The van der Waals surface area contributed by atoms with E-state index in [1.165, 1.54) is 32.1 Å². The van der Waals surface area contributed by atoms with Crippen molar-refractivity contribution in [2.24, 2.45) is 0 Å². The van der Waals surface area contributed by atoms with Crippen molar-refractivity contribution in [1.82, 2.24) is 0 Å². The van der Waals surface area contributed by atoms with Crippen LogP contribution in [0.1, 0.15) is 84.5 Å². The maximum atomic E-state index is 11.6. The molecule has 0 aliphatic heterocycles. The summed E-state index contributed by atoms with van der Waals surface area (Å²) in [4.78, 5) is 11.6. The van der Waals surface area contributed by atoms with Crippen LogP contribution in [0.4, 0.5) is 0 Å². The quantitative estimate of drug-likeness (QED) is 0.196. The van der Waals surface area contributed by atoms with Gasteiger partial charge in [0, 0.05) is 12.8 Å². The lowest BCUT2D eigenvalue weighted by atomic mass is 10.1. The van der Waals surface area contributed by atoms with Crippen molar-refractivity contribution in [3.05, 3.63) is 12.2 Å². The van der Waals surface area contributed by atoms with E-state index in [9.17, 15) is 4.79 Å². The number of esters is 1. The number of rotatable bonds is 13. The van der Waals surface area contributed by atoms with Gasteiger partial charge < -0.3 is 4.74 Å². The zero-order valence-corrected chi connectivity index (χ0v) is 13.9.